The quantitative estimate of drug-likeness (QED) is 0.914. The maximum Gasteiger partial charge on any atom is 0.308 e. The predicted octanol–water partition coefficient (Wildman–Crippen LogP) is 2.93. The van der Waals surface area contributed by atoms with Gasteiger partial charge >= 0.3 is 5.97 Å². The summed E-state index contributed by atoms with van der Waals surface area (Å²) in [6, 6.07) is 4.86. The molecule has 1 aromatic rings. The number of carboxylic acid groups (broad SMARTS) is 1. The van der Waals surface area contributed by atoms with Crippen LogP contribution in [0.4, 0.5) is 0 Å². The average Bonchev–Trinajstić information content (AvgIpc) is 2.38. The number of hydrogen-bond acceptors (Lipinski definition) is 2. The number of nitrogens with zero attached hydrogens (tertiary/aromatic N) is 1. The van der Waals surface area contributed by atoms with Gasteiger partial charge in [-0.15, -0.1) is 0 Å². The second-order valence-corrected chi connectivity index (χ2v) is 5.34. The molecule has 0 bridgehead atoms. The Morgan fingerprint density at radius 1 is 1.26 bits per heavy atom. The van der Waals surface area contributed by atoms with Crippen LogP contribution in [-0.4, -0.2) is 35.0 Å². The fourth-order valence-corrected chi connectivity index (χ4v) is 2.78. The van der Waals surface area contributed by atoms with Crippen molar-refractivity contribution in [2.24, 2.45) is 5.92 Å². The van der Waals surface area contributed by atoms with Gasteiger partial charge in [-0.25, -0.2) is 0 Å². The molecule has 0 radical (unpaired) electrons. The first-order valence-corrected chi connectivity index (χ1v) is 6.72. The van der Waals surface area contributed by atoms with E-state index in [4.69, 9.17) is 28.3 Å². The summed E-state index contributed by atoms with van der Waals surface area (Å²) in [6.45, 7) is 0.736. The summed E-state index contributed by atoms with van der Waals surface area (Å²) in [7, 11) is 0. The number of benzene rings is 1. The number of aliphatic carboxylic acids is 1. The van der Waals surface area contributed by atoms with Gasteiger partial charge in [-0.2, -0.15) is 0 Å². The van der Waals surface area contributed by atoms with E-state index >= 15 is 0 Å². The molecule has 1 heterocycles. The lowest BCUT2D eigenvalue weighted by Crippen LogP contribution is -2.42. The fraction of sp³-hybridized carbons (Fsp3) is 0.385. The Morgan fingerprint density at radius 2 is 1.89 bits per heavy atom. The number of carbonyl (C=O) groups is 2. The smallest absolute Gasteiger partial charge is 0.308 e. The minimum Gasteiger partial charge on any atom is -0.481 e. The van der Waals surface area contributed by atoms with Crippen molar-refractivity contribution in [2.45, 2.75) is 12.8 Å². The molecule has 102 valence electrons. The fourth-order valence-electron chi connectivity index (χ4n) is 2.22. The molecule has 2 rings (SSSR count). The number of carboxylic acids is 1. The van der Waals surface area contributed by atoms with Crippen molar-refractivity contribution < 1.29 is 14.7 Å². The summed E-state index contributed by atoms with van der Waals surface area (Å²) in [5.74, 6) is -1.69. The number of likely N-dealkylation sites (tertiary alicyclic amines) is 1. The van der Waals surface area contributed by atoms with E-state index in [1.165, 1.54) is 4.90 Å². The second kappa shape index (κ2) is 5.80. The predicted molar refractivity (Wildman–Crippen MR) is 72.7 cm³/mol. The molecule has 6 heteroatoms. The molecular weight excluding hydrogens is 289 g/mol. The molecule has 1 aromatic carbocycles. The zero-order valence-corrected chi connectivity index (χ0v) is 11.6. The highest BCUT2D eigenvalue weighted by atomic mass is 35.5. The minimum absolute atomic E-state index is 0.204. The molecule has 1 atom stereocenters. The zero-order chi connectivity index (χ0) is 14.0. The Kier molecular flexibility index (Phi) is 4.32. The summed E-state index contributed by atoms with van der Waals surface area (Å²) >= 11 is 12.0. The molecule has 0 aromatic heterocycles. The molecule has 1 unspecified atom stereocenters. The Morgan fingerprint density at radius 3 is 2.47 bits per heavy atom. The minimum atomic E-state index is -0.872. The van der Waals surface area contributed by atoms with Crippen LogP contribution in [0, 0.1) is 5.92 Å². The molecule has 0 aliphatic carbocycles. The highest BCUT2D eigenvalue weighted by Gasteiger charge is 2.30. The van der Waals surface area contributed by atoms with Crippen molar-refractivity contribution in [2.75, 3.05) is 13.1 Å². The molecule has 0 spiro atoms. The van der Waals surface area contributed by atoms with Crippen molar-refractivity contribution in [3.63, 3.8) is 0 Å². The molecule has 1 fully saturated rings. The van der Waals surface area contributed by atoms with Crippen LogP contribution in [0.1, 0.15) is 23.2 Å². The maximum atomic E-state index is 12.4. The highest BCUT2D eigenvalue weighted by molar-refractivity contribution is 6.39. The van der Waals surface area contributed by atoms with Crippen LogP contribution in [0.25, 0.3) is 0 Å². The molecule has 1 aliphatic heterocycles. The monoisotopic (exact) mass is 301 g/mol. The lowest BCUT2D eigenvalue weighted by Gasteiger charge is -2.31. The van der Waals surface area contributed by atoms with E-state index in [2.05, 4.69) is 0 Å². The van der Waals surface area contributed by atoms with Gasteiger partial charge in [0.05, 0.1) is 21.5 Å². The summed E-state index contributed by atoms with van der Waals surface area (Å²) in [6.07, 6.45) is 1.26. The number of carbonyl (C=O) groups excluding carboxylic acids is 1. The van der Waals surface area contributed by atoms with E-state index in [9.17, 15) is 9.59 Å². The first-order chi connectivity index (χ1) is 9.00. The van der Waals surface area contributed by atoms with Gasteiger partial charge in [-0.3, -0.25) is 9.59 Å². The Bertz CT molecular complexity index is 498. The van der Waals surface area contributed by atoms with Crippen LogP contribution >= 0.6 is 23.2 Å². The molecule has 1 saturated heterocycles. The van der Waals surface area contributed by atoms with Crippen LogP contribution in [0.15, 0.2) is 18.2 Å². The highest BCUT2D eigenvalue weighted by Crippen LogP contribution is 2.27. The first-order valence-electron chi connectivity index (χ1n) is 5.97. The molecule has 1 aliphatic rings. The number of rotatable bonds is 2. The summed E-state index contributed by atoms with van der Waals surface area (Å²) in [4.78, 5) is 24.9. The summed E-state index contributed by atoms with van der Waals surface area (Å²) in [5.41, 5.74) is 0.247. The maximum absolute atomic E-state index is 12.4. The van der Waals surface area contributed by atoms with Gasteiger partial charge in [-0.05, 0) is 25.0 Å². The molecule has 1 amide bonds. The van der Waals surface area contributed by atoms with Gasteiger partial charge in [0, 0.05) is 13.1 Å². The van der Waals surface area contributed by atoms with E-state index < -0.39 is 11.9 Å². The second-order valence-electron chi connectivity index (χ2n) is 4.53. The third-order valence-corrected chi connectivity index (χ3v) is 3.86. The topological polar surface area (TPSA) is 57.6 Å². The van der Waals surface area contributed by atoms with Crippen LogP contribution in [0.3, 0.4) is 0 Å². The van der Waals surface area contributed by atoms with Crippen LogP contribution in [0.5, 0.6) is 0 Å². The average molecular weight is 302 g/mol. The van der Waals surface area contributed by atoms with Crippen molar-refractivity contribution in [3.05, 3.63) is 33.8 Å². The molecular formula is C13H13Cl2NO3. The van der Waals surface area contributed by atoms with Crippen molar-refractivity contribution >= 4 is 35.1 Å². The van der Waals surface area contributed by atoms with Crippen molar-refractivity contribution in [3.8, 4) is 0 Å². The number of hydrogen-bond donors (Lipinski definition) is 1. The van der Waals surface area contributed by atoms with E-state index in [0.717, 1.165) is 0 Å². The van der Waals surface area contributed by atoms with Gasteiger partial charge in [0.1, 0.15) is 0 Å². The van der Waals surface area contributed by atoms with Gasteiger partial charge in [0.2, 0.25) is 0 Å². The van der Waals surface area contributed by atoms with Crippen molar-refractivity contribution in [1.29, 1.82) is 0 Å². The van der Waals surface area contributed by atoms with Gasteiger partial charge in [0.25, 0.3) is 5.91 Å². The van der Waals surface area contributed by atoms with Gasteiger partial charge in [0.15, 0.2) is 0 Å². The van der Waals surface area contributed by atoms with E-state index in [1.807, 2.05) is 0 Å². The van der Waals surface area contributed by atoms with Gasteiger partial charge < -0.3 is 10.0 Å². The molecule has 4 nitrogen and oxygen atoms in total. The van der Waals surface area contributed by atoms with Crippen molar-refractivity contribution in [1.82, 2.24) is 4.90 Å². The molecule has 1 N–H and O–H groups in total. The zero-order valence-electron chi connectivity index (χ0n) is 10.1. The Hall–Kier alpha value is -1.26. The Balaban J connectivity index is 2.22. The third-order valence-electron chi connectivity index (χ3n) is 3.23. The number of piperidine rings is 1. The van der Waals surface area contributed by atoms with Gasteiger partial charge in [-0.1, -0.05) is 29.3 Å². The normalized spacial score (nSPS) is 19.3. The third kappa shape index (κ3) is 3.01. The first kappa shape index (κ1) is 14.2. The standard InChI is InChI=1S/C13H13Cl2NO3/c14-9-4-1-5-10(15)11(9)12(17)16-6-2-3-8(7-16)13(18)19/h1,4-5,8H,2-3,6-7H2,(H,18,19). The summed E-state index contributed by atoms with van der Waals surface area (Å²) < 4.78 is 0. The lowest BCUT2D eigenvalue weighted by molar-refractivity contribution is -0.143. The molecule has 19 heavy (non-hydrogen) atoms. The molecule has 0 saturated carbocycles. The van der Waals surface area contributed by atoms with E-state index in [1.54, 1.807) is 18.2 Å². The van der Waals surface area contributed by atoms with E-state index in [-0.39, 0.29) is 28.1 Å². The Labute approximate surface area is 120 Å². The number of amides is 1. The summed E-state index contributed by atoms with van der Waals surface area (Å²) in [5, 5.41) is 9.60. The van der Waals surface area contributed by atoms with E-state index in [0.29, 0.717) is 19.4 Å². The number of halogens is 2. The van der Waals surface area contributed by atoms with Crippen LogP contribution in [-0.2, 0) is 4.79 Å². The van der Waals surface area contributed by atoms with Crippen LogP contribution < -0.4 is 0 Å². The lowest BCUT2D eigenvalue weighted by atomic mass is 9.97. The largest absolute Gasteiger partial charge is 0.481 e. The van der Waals surface area contributed by atoms with Crippen LogP contribution in [0.2, 0.25) is 10.0 Å². The SMILES string of the molecule is O=C(O)C1CCCN(C(=O)c2c(Cl)cccc2Cl)C1.